The summed E-state index contributed by atoms with van der Waals surface area (Å²) in [5, 5.41) is 3.10. The van der Waals surface area contributed by atoms with Gasteiger partial charge >= 0.3 is 0 Å². The first-order valence-electron chi connectivity index (χ1n) is 5.99. The minimum absolute atomic E-state index is 0.0758. The maximum atomic E-state index is 11.6. The van der Waals surface area contributed by atoms with E-state index in [0.29, 0.717) is 13.1 Å². The average Bonchev–Trinajstić information content (AvgIpc) is 2.83. The molecule has 0 fully saturated rings. The number of benzene rings is 1. The minimum atomic E-state index is -3.15. The SMILES string of the molecule is CN(C)S(=O)(=O)CCNCc1cccc2c1OCO2. The maximum Gasteiger partial charge on any atom is 0.231 e. The predicted octanol–water partition coefficient (Wildman–Crippen LogP) is 0.396. The van der Waals surface area contributed by atoms with Crippen LogP contribution in [0.25, 0.3) is 0 Å². The number of para-hydroxylation sites is 1. The van der Waals surface area contributed by atoms with Crippen LogP contribution in [-0.2, 0) is 16.6 Å². The van der Waals surface area contributed by atoms with E-state index in [-0.39, 0.29) is 12.5 Å². The van der Waals surface area contributed by atoms with Gasteiger partial charge in [-0.1, -0.05) is 12.1 Å². The molecule has 1 heterocycles. The molecule has 0 spiro atoms. The highest BCUT2D eigenvalue weighted by atomic mass is 32.2. The van der Waals surface area contributed by atoms with Crippen LogP contribution >= 0.6 is 0 Å². The Kier molecular flexibility index (Phi) is 4.28. The standard InChI is InChI=1S/C12H18N2O4S/c1-14(2)19(15,16)7-6-13-8-10-4-3-5-11-12(10)18-9-17-11/h3-5,13H,6-9H2,1-2H3. The second kappa shape index (κ2) is 5.77. The van der Waals surface area contributed by atoms with Gasteiger partial charge in [0.05, 0.1) is 5.75 Å². The Labute approximate surface area is 113 Å². The molecule has 0 bridgehead atoms. The smallest absolute Gasteiger partial charge is 0.231 e. The van der Waals surface area contributed by atoms with E-state index in [4.69, 9.17) is 9.47 Å². The Bertz CT molecular complexity index is 543. The van der Waals surface area contributed by atoms with E-state index in [1.165, 1.54) is 18.4 Å². The van der Waals surface area contributed by atoms with Crippen molar-refractivity contribution in [2.75, 3.05) is 33.2 Å². The summed E-state index contributed by atoms with van der Waals surface area (Å²) in [5.74, 6) is 1.55. The van der Waals surface area contributed by atoms with Crippen molar-refractivity contribution in [2.45, 2.75) is 6.54 Å². The van der Waals surface area contributed by atoms with Gasteiger partial charge in [-0.05, 0) is 6.07 Å². The zero-order valence-electron chi connectivity index (χ0n) is 11.0. The summed E-state index contributed by atoms with van der Waals surface area (Å²) >= 11 is 0. The van der Waals surface area contributed by atoms with E-state index >= 15 is 0 Å². The average molecular weight is 286 g/mol. The molecule has 2 rings (SSSR count). The number of nitrogens with zero attached hydrogens (tertiary/aromatic N) is 1. The Morgan fingerprint density at radius 3 is 2.84 bits per heavy atom. The molecule has 7 heteroatoms. The van der Waals surface area contributed by atoms with Crippen LogP contribution in [-0.4, -0.2) is 45.9 Å². The van der Waals surface area contributed by atoms with Crippen LogP contribution in [0.3, 0.4) is 0 Å². The van der Waals surface area contributed by atoms with Gasteiger partial charge in [0.25, 0.3) is 0 Å². The molecule has 1 aliphatic heterocycles. The molecule has 0 aliphatic carbocycles. The first kappa shape index (κ1) is 14.1. The third-order valence-corrected chi connectivity index (χ3v) is 4.72. The molecule has 106 valence electrons. The molecule has 1 N–H and O–H groups in total. The van der Waals surface area contributed by atoms with Gasteiger partial charge in [0, 0.05) is 32.7 Å². The topological polar surface area (TPSA) is 67.9 Å². The summed E-state index contributed by atoms with van der Waals surface area (Å²) in [6.45, 7) is 1.18. The zero-order chi connectivity index (χ0) is 13.9. The number of sulfonamides is 1. The van der Waals surface area contributed by atoms with Crippen molar-refractivity contribution in [3.63, 3.8) is 0 Å². The fourth-order valence-electron chi connectivity index (χ4n) is 1.74. The predicted molar refractivity (Wildman–Crippen MR) is 71.7 cm³/mol. The summed E-state index contributed by atoms with van der Waals surface area (Å²) in [5.41, 5.74) is 0.970. The molecule has 0 saturated carbocycles. The van der Waals surface area contributed by atoms with Gasteiger partial charge in [-0.2, -0.15) is 0 Å². The molecule has 0 aromatic heterocycles. The summed E-state index contributed by atoms with van der Waals surface area (Å²) in [6.07, 6.45) is 0. The molecule has 1 aromatic carbocycles. The summed E-state index contributed by atoms with van der Waals surface area (Å²) in [6, 6.07) is 5.67. The lowest BCUT2D eigenvalue weighted by Crippen LogP contribution is -2.31. The van der Waals surface area contributed by atoms with Crippen LogP contribution in [0.2, 0.25) is 0 Å². The molecule has 0 saturated heterocycles. The number of fused-ring (bicyclic) bond motifs is 1. The summed E-state index contributed by atoms with van der Waals surface area (Å²) in [7, 11) is -0.0846. The number of nitrogens with one attached hydrogen (secondary N) is 1. The second-order valence-electron chi connectivity index (χ2n) is 4.43. The van der Waals surface area contributed by atoms with E-state index in [2.05, 4.69) is 5.32 Å². The lowest BCUT2D eigenvalue weighted by molar-refractivity contribution is 0.173. The third-order valence-electron chi connectivity index (χ3n) is 2.89. The molecular formula is C12H18N2O4S. The van der Waals surface area contributed by atoms with Gasteiger partial charge in [-0.15, -0.1) is 0 Å². The number of hydrogen-bond acceptors (Lipinski definition) is 5. The van der Waals surface area contributed by atoms with Crippen LogP contribution in [0.4, 0.5) is 0 Å². The Morgan fingerprint density at radius 1 is 1.32 bits per heavy atom. The van der Waals surface area contributed by atoms with Gasteiger partial charge < -0.3 is 14.8 Å². The Morgan fingerprint density at radius 2 is 2.11 bits per heavy atom. The number of ether oxygens (including phenoxy) is 2. The van der Waals surface area contributed by atoms with Crippen LogP contribution in [0.1, 0.15) is 5.56 Å². The van der Waals surface area contributed by atoms with E-state index in [0.717, 1.165) is 17.1 Å². The first-order chi connectivity index (χ1) is 9.00. The van der Waals surface area contributed by atoms with Crippen molar-refractivity contribution in [1.82, 2.24) is 9.62 Å². The van der Waals surface area contributed by atoms with E-state index in [1.807, 2.05) is 18.2 Å². The third kappa shape index (κ3) is 3.37. The van der Waals surface area contributed by atoms with Gasteiger partial charge in [-0.25, -0.2) is 12.7 Å². The van der Waals surface area contributed by atoms with Gasteiger partial charge in [0.15, 0.2) is 11.5 Å². The van der Waals surface area contributed by atoms with Gasteiger partial charge in [0.1, 0.15) is 0 Å². The summed E-state index contributed by atoms with van der Waals surface area (Å²) in [4.78, 5) is 0. The van der Waals surface area contributed by atoms with Gasteiger partial charge in [0.2, 0.25) is 16.8 Å². The van der Waals surface area contributed by atoms with Crippen LogP contribution in [0, 0.1) is 0 Å². The molecular weight excluding hydrogens is 268 g/mol. The van der Waals surface area contributed by atoms with Crippen LogP contribution in [0.15, 0.2) is 18.2 Å². The van der Waals surface area contributed by atoms with Crippen molar-refractivity contribution in [2.24, 2.45) is 0 Å². The highest BCUT2D eigenvalue weighted by Gasteiger charge is 2.17. The maximum absolute atomic E-state index is 11.6. The lowest BCUT2D eigenvalue weighted by Gasteiger charge is -2.12. The van der Waals surface area contributed by atoms with E-state index < -0.39 is 10.0 Å². The first-order valence-corrected chi connectivity index (χ1v) is 7.60. The Balaban J connectivity index is 1.86. The molecule has 1 aliphatic rings. The van der Waals surface area contributed by atoms with Gasteiger partial charge in [-0.3, -0.25) is 0 Å². The molecule has 0 atom stereocenters. The largest absolute Gasteiger partial charge is 0.454 e. The lowest BCUT2D eigenvalue weighted by atomic mass is 10.2. The molecule has 0 amide bonds. The van der Waals surface area contributed by atoms with E-state index in [1.54, 1.807) is 0 Å². The monoisotopic (exact) mass is 286 g/mol. The van der Waals surface area contributed by atoms with Crippen LogP contribution < -0.4 is 14.8 Å². The molecule has 1 aromatic rings. The van der Waals surface area contributed by atoms with Crippen molar-refractivity contribution >= 4 is 10.0 Å². The highest BCUT2D eigenvalue weighted by molar-refractivity contribution is 7.89. The van der Waals surface area contributed by atoms with Crippen molar-refractivity contribution < 1.29 is 17.9 Å². The van der Waals surface area contributed by atoms with Crippen molar-refractivity contribution in [3.8, 4) is 11.5 Å². The quantitative estimate of drug-likeness (QED) is 0.767. The fraction of sp³-hybridized carbons (Fsp3) is 0.500. The van der Waals surface area contributed by atoms with E-state index in [9.17, 15) is 8.42 Å². The van der Waals surface area contributed by atoms with Crippen molar-refractivity contribution in [1.29, 1.82) is 0 Å². The number of rotatable bonds is 6. The molecule has 0 radical (unpaired) electrons. The van der Waals surface area contributed by atoms with Crippen molar-refractivity contribution in [3.05, 3.63) is 23.8 Å². The number of hydrogen-bond donors (Lipinski definition) is 1. The Hall–Kier alpha value is -1.31. The molecule has 6 nitrogen and oxygen atoms in total. The summed E-state index contributed by atoms with van der Waals surface area (Å²) < 4.78 is 35.0. The molecule has 19 heavy (non-hydrogen) atoms. The fourth-order valence-corrected chi connectivity index (χ4v) is 2.50. The second-order valence-corrected chi connectivity index (χ2v) is 6.73. The molecule has 0 unspecified atom stereocenters. The zero-order valence-corrected chi connectivity index (χ0v) is 11.9. The van der Waals surface area contributed by atoms with Crippen LogP contribution in [0.5, 0.6) is 11.5 Å². The normalized spacial score (nSPS) is 14.1. The minimum Gasteiger partial charge on any atom is -0.454 e. The highest BCUT2D eigenvalue weighted by Crippen LogP contribution is 2.35.